The van der Waals surface area contributed by atoms with Crippen LogP contribution >= 0.6 is 0 Å². The Morgan fingerprint density at radius 1 is 1.18 bits per heavy atom. The van der Waals surface area contributed by atoms with Crippen molar-refractivity contribution in [1.82, 2.24) is 10.2 Å². The Labute approximate surface area is 167 Å². The molecular weight excluding hydrogens is 356 g/mol. The fraction of sp³-hybridized carbons (Fsp3) is 0.619. The minimum Gasteiger partial charge on any atom is -0.378 e. The second-order valence-electron chi connectivity index (χ2n) is 7.78. The van der Waals surface area contributed by atoms with Crippen LogP contribution in [0.15, 0.2) is 24.3 Å². The van der Waals surface area contributed by atoms with Crippen LogP contribution in [0.4, 0.5) is 11.4 Å². The van der Waals surface area contributed by atoms with E-state index < -0.39 is 0 Å². The standard InChI is InChI=1S/C21H32N4O3/c1-16(21(27)23-17-5-3-4-6-17)24(2)15-20(26)22-18-7-9-19(10-8-18)25-11-13-28-14-12-25/h7-10,16-17H,3-6,11-15H2,1-2H3,(H,22,26)(H,23,27)/t16-/m1/s1. The first kappa shape index (κ1) is 20.6. The molecule has 1 aliphatic heterocycles. The van der Waals surface area contributed by atoms with Gasteiger partial charge in [-0.25, -0.2) is 0 Å². The Balaban J connectivity index is 1.45. The highest BCUT2D eigenvalue weighted by Crippen LogP contribution is 2.19. The quantitative estimate of drug-likeness (QED) is 0.746. The van der Waals surface area contributed by atoms with Crippen LogP contribution in [0.3, 0.4) is 0 Å². The number of anilines is 2. The SMILES string of the molecule is C[C@H](C(=O)NC1CCCC1)N(C)CC(=O)Nc1ccc(N2CCOCC2)cc1. The summed E-state index contributed by atoms with van der Waals surface area (Å²) in [4.78, 5) is 28.8. The molecule has 2 amide bonds. The lowest BCUT2D eigenvalue weighted by Gasteiger charge is -2.29. The molecule has 2 fully saturated rings. The topological polar surface area (TPSA) is 73.9 Å². The Morgan fingerprint density at radius 3 is 2.46 bits per heavy atom. The molecule has 0 spiro atoms. The van der Waals surface area contributed by atoms with E-state index in [1.807, 2.05) is 31.2 Å². The van der Waals surface area contributed by atoms with Gasteiger partial charge >= 0.3 is 0 Å². The summed E-state index contributed by atoms with van der Waals surface area (Å²) >= 11 is 0. The Bertz CT molecular complexity index is 652. The highest BCUT2D eigenvalue weighted by atomic mass is 16.5. The number of hydrogen-bond acceptors (Lipinski definition) is 5. The molecule has 28 heavy (non-hydrogen) atoms. The van der Waals surface area contributed by atoms with Crippen molar-refractivity contribution < 1.29 is 14.3 Å². The molecule has 0 radical (unpaired) electrons. The summed E-state index contributed by atoms with van der Waals surface area (Å²) in [5.41, 5.74) is 1.90. The van der Waals surface area contributed by atoms with Gasteiger partial charge in [-0.2, -0.15) is 0 Å². The van der Waals surface area contributed by atoms with Crippen molar-refractivity contribution in [3.8, 4) is 0 Å². The third kappa shape index (κ3) is 5.69. The summed E-state index contributed by atoms with van der Waals surface area (Å²) in [6.45, 7) is 5.28. The van der Waals surface area contributed by atoms with Gasteiger partial charge in [0.05, 0.1) is 25.8 Å². The van der Waals surface area contributed by atoms with Crippen molar-refractivity contribution >= 4 is 23.2 Å². The van der Waals surface area contributed by atoms with Crippen LogP contribution in [0.25, 0.3) is 0 Å². The largest absolute Gasteiger partial charge is 0.378 e. The van der Waals surface area contributed by atoms with E-state index >= 15 is 0 Å². The van der Waals surface area contributed by atoms with Crippen molar-refractivity contribution in [2.75, 3.05) is 50.1 Å². The highest BCUT2D eigenvalue weighted by molar-refractivity contribution is 5.93. The molecule has 1 aromatic carbocycles. The lowest BCUT2D eigenvalue weighted by Crippen LogP contribution is -2.48. The lowest BCUT2D eigenvalue weighted by molar-refractivity contribution is -0.127. The molecule has 0 aromatic heterocycles. The number of carbonyl (C=O) groups excluding carboxylic acids is 2. The van der Waals surface area contributed by atoms with E-state index in [1.54, 1.807) is 11.9 Å². The maximum absolute atomic E-state index is 12.4. The van der Waals surface area contributed by atoms with Crippen LogP contribution in [0.5, 0.6) is 0 Å². The van der Waals surface area contributed by atoms with E-state index in [9.17, 15) is 9.59 Å². The zero-order chi connectivity index (χ0) is 19.9. The van der Waals surface area contributed by atoms with Gasteiger partial charge in [0.1, 0.15) is 0 Å². The summed E-state index contributed by atoms with van der Waals surface area (Å²) in [5.74, 6) is -0.126. The van der Waals surface area contributed by atoms with Gasteiger partial charge in [-0.05, 0) is 51.1 Å². The number of carbonyl (C=O) groups is 2. The molecule has 1 aromatic rings. The highest BCUT2D eigenvalue weighted by Gasteiger charge is 2.24. The second kappa shape index (κ2) is 9.89. The molecule has 1 aliphatic carbocycles. The fourth-order valence-electron chi connectivity index (χ4n) is 3.73. The second-order valence-corrected chi connectivity index (χ2v) is 7.78. The number of nitrogens with zero attached hydrogens (tertiary/aromatic N) is 2. The lowest BCUT2D eigenvalue weighted by atomic mass is 10.2. The van der Waals surface area contributed by atoms with Crippen LogP contribution in [0.1, 0.15) is 32.6 Å². The Kier molecular flexibility index (Phi) is 7.28. The molecule has 7 nitrogen and oxygen atoms in total. The number of amides is 2. The summed E-state index contributed by atoms with van der Waals surface area (Å²) in [6.07, 6.45) is 4.48. The van der Waals surface area contributed by atoms with Gasteiger partial charge in [0.2, 0.25) is 11.8 Å². The molecule has 0 bridgehead atoms. The van der Waals surface area contributed by atoms with E-state index in [-0.39, 0.29) is 24.4 Å². The molecule has 1 saturated carbocycles. The number of benzene rings is 1. The average Bonchev–Trinajstić information content (AvgIpc) is 3.21. The van der Waals surface area contributed by atoms with Gasteiger partial charge in [-0.15, -0.1) is 0 Å². The molecular formula is C21H32N4O3. The van der Waals surface area contributed by atoms with E-state index in [1.165, 1.54) is 12.8 Å². The number of rotatable bonds is 7. The molecule has 7 heteroatoms. The molecule has 154 valence electrons. The minimum atomic E-state index is -0.338. The monoisotopic (exact) mass is 388 g/mol. The van der Waals surface area contributed by atoms with Crippen molar-refractivity contribution in [3.05, 3.63) is 24.3 Å². The zero-order valence-corrected chi connectivity index (χ0v) is 16.9. The first-order valence-electron chi connectivity index (χ1n) is 10.3. The van der Waals surface area contributed by atoms with Gasteiger partial charge in [0.25, 0.3) is 0 Å². The zero-order valence-electron chi connectivity index (χ0n) is 16.9. The summed E-state index contributed by atoms with van der Waals surface area (Å²) in [6, 6.07) is 7.82. The van der Waals surface area contributed by atoms with E-state index in [0.29, 0.717) is 6.04 Å². The van der Waals surface area contributed by atoms with Crippen LogP contribution in [0, 0.1) is 0 Å². The van der Waals surface area contributed by atoms with Gasteiger partial charge in [-0.1, -0.05) is 12.8 Å². The van der Waals surface area contributed by atoms with Crippen molar-refractivity contribution in [3.63, 3.8) is 0 Å². The summed E-state index contributed by atoms with van der Waals surface area (Å²) in [7, 11) is 1.81. The third-order valence-electron chi connectivity index (χ3n) is 5.66. The summed E-state index contributed by atoms with van der Waals surface area (Å²) in [5, 5.41) is 6.01. The normalized spacial score (nSPS) is 18.9. The fourth-order valence-corrected chi connectivity index (χ4v) is 3.73. The number of likely N-dealkylation sites (N-methyl/N-ethyl adjacent to an activating group) is 1. The van der Waals surface area contributed by atoms with Gasteiger partial charge in [-0.3, -0.25) is 14.5 Å². The van der Waals surface area contributed by atoms with Gasteiger partial charge in [0.15, 0.2) is 0 Å². The maximum atomic E-state index is 12.4. The molecule has 2 aliphatic rings. The van der Waals surface area contributed by atoms with Crippen molar-refractivity contribution in [2.24, 2.45) is 0 Å². The predicted molar refractivity (Wildman–Crippen MR) is 111 cm³/mol. The Morgan fingerprint density at radius 2 is 1.82 bits per heavy atom. The summed E-state index contributed by atoms with van der Waals surface area (Å²) < 4.78 is 5.38. The third-order valence-corrected chi connectivity index (χ3v) is 5.66. The van der Waals surface area contributed by atoms with Crippen LogP contribution in [0.2, 0.25) is 0 Å². The number of hydrogen-bond donors (Lipinski definition) is 2. The molecule has 2 N–H and O–H groups in total. The number of nitrogens with one attached hydrogen (secondary N) is 2. The molecule has 0 unspecified atom stereocenters. The predicted octanol–water partition coefficient (Wildman–Crippen LogP) is 1.84. The van der Waals surface area contributed by atoms with Crippen LogP contribution < -0.4 is 15.5 Å². The molecule has 1 atom stereocenters. The first-order valence-corrected chi connectivity index (χ1v) is 10.3. The van der Waals surface area contributed by atoms with Crippen LogP contribution in [-0.2, 0) is 14.3 Å². The van der Waals surface area contributed by atoms with Gasteiger partial charge < -0.3 is 20.3 Å². The number of morpholine rings is 1. The van der Waals surface area contributed by atoms with E-state index in [4.69, 9.17) is 4.74 Å². The molecule has 1 saturated heterocycles. The first-order chi connectivity index (χ1) is 13.5. The van der Waals surface area contributed by atoms with Crippen LogP contribution in [-0.4, -0.2) is 68.7 Å². The smallest absolute Gasteiger partial charge is 0.238 e. The Hall–Kier alpha value is -2.12. The van der Waals surface area contributed by atoms with Gasteiger partial charge in [0, 0.05) is 30.5 Å². The van der Waals surface area contributed by atoms with E-state index in [2.05, 4.69) is 15.5 Å². The maximum Gasteiger partial charge on any atom is 0.238 e. The van der Waals surface area contributed by atoms with Crippen molar-refractivity contribution in [1.29, 1.82) is 0 Å². The minimum absolute atomic E-state index is 0.00272. The average molecular weight is 389 g/mol. The number of ether oxygens (including phenoxy) is 1. The molecule has 3 rings (SSSR count). The van der Waals surface area contributed by atoms with Crippen molar-refractivity contribution in [2.45, 2.75) is 44.7 Å². The molecule has 1 heterocycles. The van der Waals surface area contributed by atoms with E-state index in [0.717, 1.165) is 50.5 Å².